The number of rotatable bonds is 1. The molecular weight excluding hydrogens is 180 g/mol. The standard InChI is InChI=1S/C10H14N2O2/c1-11-4-6-12(7-5-11)10(13)9-3-2-8-14-9/h2-3,8,11H,1,4-7H2. The molecule has 1 fully saturated rings. The summed E-state index contributed by atoms with van der Waals surface area (Å²) in [5, 5.41) is 0. The number of carbonyl (C=O) groups excluding carboxylic acids is 1. The molecule has 1 aliphatic rings. The molecule has 1 N–H and O–H groups in total. The number of nitrogens with one attached hydrogen (secondary N) is 1. The van der Waals surface area contributed by atoms with Crippen LogP contribution in [0.15, 0.2) is 22.8 Å². The highest BCUT2D eigenvalue weighted by Crippen LogP contribution is 2.05. The second kappa shape index (κ2) is 3.84. The van der Waals surface area contributed by atoms with Crippen LogP contribution in [0.4, 0.5) is 0 Å². The molecular formula is C10H14N2O2. The van der Waals surface area contributed by atoms with Crippen molar-refractivity contribution < 1.29 is 14.1 Å². The van der Waals surface area contributed by atoms with Gasteiger partial charge in [0.15, 0.2) is 5.76 Å². The van der Waals surface area contributed by atoms with E-state index in [-0.39, 0.29) is 5.91 Å². The number of amides is 1. The summed E-state index contributed by atoms with van der Waals surface area (Å²) in [5.74, 6) is 0.417. The third kappa shape index (κ3) is 1.80. The van der Waals surface area contributed by atoms with Crippen molar-refractivity contribution in [1.29, 1.82) is 0 Å². The summed E-state index contributed by atoms with van der Waals surface area (Å²) in [7, 11) is 3.91. The predicted octanol–water partition coefficient (Wildman–Crippen LogP) is -0.588. The van der Waals surface area contributed by atoms with Gasteiger partial charge in [-0.15, -0.1) is 0 Å². The highest BCUT2D eigenvalue weighted by Gasteiger charge is 2.22. The third-order valence-electron chi connectivity index (χ3n) is 2.49. The van der Waals surface area contributed by atoms with E-state index in [4.69, 9.17) is 4.42 Å². The molecule has 0 bridgehead atoms. The summed E-state index contributed by atoms with van der Waals surface area (Å²) in [6.45, 7) is 3.34. The lowest BCUT2D eigenvalue weighted by molar-refractivity contribution is -0.858. The van der Waals surface area contributed by atoms with Crippen LogP contribution >= 0.6 is 0 Å². The summed E-state index contributed by atoms with van der Waals surface area (Å²) in [5.41, 5.74) is 0. The number of hydrogen-bond acceptors (Lipinski definition) is 2. The first-order valence-electron chi connectivity index (χ1n) is 4.77. The van der Waals surface area contributed by atoms with Crippen LogP contribution in [0, 0.1) is 7.05 Å². The summed E-state index contributed by atoms with van der Waals surface area (Å²) in [6.07, 6.45) is 1.52. The second-order valence-corrected chi connectivity index (χ2v) is 3.52. The molecule has 0 unspecified atom stereocenters. The Labute approximate surface area is 83.1 Å². The average Bonchev–Trinajstić information content (AvgIpc) is 2.71. The van der Waals surface area contributed by atoms with Crippen molar-refractivity contribution in [3.8, 4) is 0 Å². The van der Waals surface area contributed by atoms with Crippen LogP contribution in [-0.2, 0) is 0 Å². The molecule has 0 atom stereocenters. The molecule has 76 valence electrons. The number of hydrogen-bond donors (Lipinski definition) is 1. The van der Waals surface area contributed by atoms with Crippen molar-refractivity contribution in [2.75, 3.05) is 26.2 Å². The zero-order valence-electron chi connectivity index (χ0n) is 8.03. The van der Waals surface area contributed by atoms with Gasteiger partial charge in [-0.2, -0.15) is 7.05 Å². The highest BCUT2D eigenvalue weighted by molar-refractivity contribution is 5.91. The fourth-order valence-electron chi connectivity index (χ4n) is 1.58. The minimum atomic E-state index is -0.0116. The van der Waals surface area contributed by atoms with Crippen molar-refractivity contribution in [1.82, 2.24) is 4.90 Å². The monoisotopic (exact) mass is 194 g/mol. The van der Waals surface area contributed by atoms with E-state index in [1.807, 2.05) is 4.90 Å². The Hall–Kier alpha value is -1.29. The normalized spacial score (nSPS) is 18.5. The van der Waals surface area contributed by atoms with E-state index < -0.39 is 0 Å². The van der Waals surface area contributed by atoms with Crippen molar-refractivity contribution >= 4 is 5.91 Å². The number of piperazine rings is 1. The maximum absolute atomic E-state index is 11.8. The SMILES string of the molecule is [CH2-][NH+]1CCN(C(=O)c2ccco2)CC1. The Balaban J connectivity index is 1.99. The first kappa shape index (κ1) is 9.27. The minimum absolute atomic E-state index is 0.0116. The van der Waals surface area contributed by atoms with Crippen molar-refractivity contribution in [3.05, 3.63) is 31.2 Å². The Morgan fingerprint density at radius 2 is 2.21 bits per heavy atom. The van der Waals surface area contributed by atoms with E-state index in [1.165, 1.54) is 11.2 Å². The third-order valence-corrected chi connectivity index (χ3v) is 2.49. The molecule has 4 nitrogen and oxygen atoms in total. The molecule has 0 saturated carbocycles. The van der Waals surface area contributed by atoms with E-state index in [0.29, 0.717) is 5.76 Å². The van der Waals surface area contributed by atoms with Crippen LogP contribution in [-0.4, -0.2) is 37.0 Å². The summed E-state index contributed by atoms with van der Waals surface area (Å²) < 4.78 is 5.06. The zero-order chi connectivity index (χ0) is 9.97. The van der Waals surface area contributed by atoms with Gasteiger partial charge in [-0.1, -0.05) is 0 Å². The van der Waals surface area contributed by atoms with Gasteiger partial charge in [0, 0.05) is 0 Å². The van der Waals surface area contributed by atoms with Crippen molar-refractivity contribution in [3.63, 3.8) is 0 Å². The van der Waals surface area contributed by atoms with Crippen LogP contribution in [0.3, 0.4) is 0 Å². The molecule has 0 spiro atoms. The summed E-state index contributed by atoms with van der Waals surface area (Å²) in [4.78, 5) is 14.8. The predicted molar refractivity (Wildman–Crippen MR) is 50.7 cm³/mol. The molecule has 2 heterocycles. The maximum atomic E-state index is 11.8. The average molecular weight is 194 g/mol. The van der Waals surface area contributed by atoms with E-state index >= 15 is 0 Å². The molecule has 1 aromatic rings. The zero-order valence-corrected chi connectivity index (χ0v) is 8.03. The minimum Gasteiger partial charge on any atom is -0.465 e. The molecule has 1 saturated heterocycles. The van der Waals surface area contributed by atoms with Gasteiger partial charge in [0.05, 0.1) is 32.4 Å². The lowest BCUT2D eigenvalue weighted by atomic mass is 10.3. The van der Waals surface area contributed by atoms with Gasteiger partial charge in [0.2, 0.25) is 0 Å². The molecule has 4 heteroatoms. The Morgan fingerprint density at radius 1 is 1.50 bits per heavy atom. The van der Waals surface area contributed by atoms with Gasteiger partial charge in [0.25, 0.3) is 5.91 Å². The van der Waals surface area contributed by atoms with E-state index in [9.17, 15) is 4.79 Å². The summed E-state index contributed by atoms with van der Waals surface area (Å²) in [6, 6.07) is 3.43. The molecule has 1 aromatic heterocycles. The largest absolute Gasteiger partial charge is 0.465 e. The van der Waals surface area contributed by atoms with Crippen LogP contribution < -0.4 is 4.90 Å². The molecule has 14 heavy (non-hydrogen) atoms. The van der Waals surface area contributed by atoms with Gasteiger partial charge < -0.3 is 14.2 Å². The van der Waals surface area contributed by atoms with Gasteiger partial charge in [0.1, 0.15) is 0 Å². The van der Waals surface area contributed by atoms with E-state index in [0.717, 1.165) is 26.2 Å². The quantitative estimate of drug-likeness (QED) is 0.607. The molecule has 0 aliphatic carbocycles. The van der Waals surface area contributed by atoms with Crippen LogP contribution in [0.1, 0.15) is 10.6 Å². The van der Waals surface area contributed by atoms with Gasteiger partial charge in [-0.05, 0) is 12.1 Å². The van der Waals surface area contributed by atoms with Crippen molar-refractivity contribution in [2.24, 2.45) is 0 Å². The fraction of sp³-hybridized carbons (Fsp3) is 0.400. The molecule has 0 radical (unpaired) electrons. The van der Waals surface area contributed by atoms with Crippen LogP contribution in [0.5, 0.6) is 0 Å². The van der Waals surface area contributed by atoms with Crippen LogP contribution in [0.25, 0.3) is 0 Å². The van der Waals surface area contributed by atoms with E-state index in [2.05, 4.69) is 7.05 Å². The van der Waals surface area contributed by atoms with Crippen molar-refractivity contribution in [2.45, 2.75) is 0 Å². The highest BCUT2D eigenvalue weighted by atomic mass is 16.3. The van der Waals surface area contributed by atoms with E-state index in [1.54, 1.807) is 12.1 Å². The lowest BCUT2D eigenvalue weighted by Crippen LogP contribution is -3.10. The number of carbonyl (C=O) groups is 1. The van der Waals surface area contributed by atoms with Gasteiger partial charge in [-0.3, -0.25) is 4.79 Å². The van der Waals surface area contributed by atoms with Crippen LogP contribution in [0.2, 0.25) is 0 Å². The van der Waals surface area contributed by atoms with Gasteiger partial charge in [-0.25, -0.2) is 0 Å². The molecule has 1 aliphatic heterocycles. The number of quaternary nitrogens is 1. The first-order valence-corrected chi connectivity index (χ1v) is 4.77. The van der Waals surface area contributed by atoms with Gasteiger partial charge >= 0.3 is 0 Å². The topological polar surface area (TPSA) is 37.9 Å². The second-order valence-electron chi connectivity index (χ2n) is 3.52. The Kier molecular flexibility index (Phi) is 2.54. The molecule has 0 aromatic carbocycles. The summed E-state index contributed by atoms with van der Waals surface area (Å²) >= 11 is 0. The molecule has 2 rings (SSSR count). The lowest BCUT2D eigenvalue weighted by Gasteiger charge is -2.33. The fourth-order valence-corrected chi connectivity index (χ4v) is 1.58. The number of nitrogens with zero attached hydrogens (tertiary/aromatic N) is 1. The Morgan fingerprint density at radius 3 is 2.79 bits per heavy atom. The maximum Gasteiger partial charge on any atom is 0.289 e. The smallest absolute Gasteiger partial charge is 0.289 e. The first-order chi connectivity index (χ1) is 6.77. The number of furan rings is 1. The Bertz CT molecular complexity index is 300. The molecule has 1 amide bonds.